The second kappa shape index (κ2) is 10.2. The number of methoxy groups -OCH3 is 1. The Bertz CT molecular complexity index is 925. The number of hydrogen-bond acceptors (Lipinski definition) is 6. The second-order valence-electron chi connectivity index (χ2n) is 9.55. The van der Waals surface area contributed by atoms with E-state index < -0.39 is 13.1 Å². The maximum Gasteiger partial charge on any atom is 0.475 e. The number of imidazole rings is 1. The van der Waals surface area contributed by atoms with Gasteiger partial charge >= 0.3 is 7.12 Å². The van der Waals surface area contributed by atoms with E-state index in [2.05, 4.69) is 22.4 Å². The first-order chi connectivity index (χ1) is 15.9. The molecule has 2 aromatic rings. The summed E-state index contributed by atoms with van der Waals surface area (Å²) in [7, 11) is 2.17. The van der Waals surface area contributed by atoms with Crippen LogP contribution in [0.2, 0.25) is 0 Å². The Labute approximate surface area is 200 Å². The van der Waals surface area contributed by atoms with Crippen LogP contribution in [0.25, 0.3) is 0 Å². The Morgan fingerprint density at radius 3 is 2.42 bits per heavy atom. The van der Waals surface area contributed by atoms with Gasteiger partial charge < -0.3 is 24.7 Å². The van der Waals surface area contributed by atoms with E-state index in [1.54, 1.807) is 18.0 Å². The molecule has 3 aliphatic carbocycles. The van der Waals surface area contributed by atoms with Crippen LogP contribution in [0.5, 0.6) is 0 Å². The molecular formula is C24H34BN3O4S. The Morgan fingerprint density at radius 2 is 1.88 bits per heavy atom. The number of ether oxygens (including phenoxy) is 1. The predicted molar refractivity (Wildman–Crippen MR) is 130 cm³/mol. The molecule has 1 atom stereocenters. The smallest absolute Gasteiger partial charge is 0.426 e. The zero-order valence-electron chi connectivity index (χ0n) is 19.5. The van der Waals surface area contributed by atoms with Crippen molar-refractivity contribution in [3.8, 4) is 0 Å². The Morgan fingerprint density at radius 1 is 1.21 bits per heavy atom. The summed E-state index contributed by atoms with van der Waals surface area (Å²) in [6.45, 7) is 0. The van der Waals surface area contributed by atoms with Gasteiger partial charge in [0.25, 0.3) is 5.91 Å². The van der Waals surface area contributed by atoms with Crippen molar-refractivity contribution in [2.24, 2.45) is 7.05 Å². The molecule has 33 heavy (non-hydrogen) atoms. The standard InChI is InChI=1S/C24H34BN3O4S/c1-28-16-15-26-22(28)33-17-3-4-20(25(30)31)27-21(29)18-5-7-19(8-6-18)23-9-12-24(32-2,13-10-23)14-11-23/h5-8,15-16,20,30-31H,3-4,9-14,17H2,1-2H3,(H,27,29)/t20-,23?,24?/m0/s1. The molecule has 0 unspecified atom stereocenters. The molecule has 1 amide bonds. The SMILES string of the molecule is COC12CCC(c3ccc(C(=O)N[C@@H](CCCSc4nccn4C)B(O)O)cc3)(CC1)CC2. The van der Waals surface area contributed by atoms with E-state index in [0.717, 1.165) is 55.9 Å². The quantitative estimate of drug-likeness (QED) is 0.280. The molecule has 3 N–H and O–H groups in total. The molecule has 2 bridgehead atoms. The number of aromatic nitrogens is 2. The van der Waals surface area contributed by atoms with Crippen molar-refractivity contribution >= 4 is 24.8 Å². The van der Waals surface area contributed by atoms with Gasteiger partial charge in [0, 0.05) is 37.9 Å². The molecule has 0 saturated heterocycles. The zero-order chi connectivity index (χ0) is 23.5. The van der Waals surface area contributed by atoms with Crippen molar-refractivity contribution in [3.63, 3.8) is 0 Å². The maximum atomic E-state index is 12.8. The van der Waals surface area contributed by atoms with E-state index in [1.165, 1.54) is 5.56 Å². The minimum absolute atomic E-state index is 0.0809. The van der Waals surface area contributed by atoms with Crippen LogP contribution in [0, 0.1) is 0 Å². The number of rotatable bonds is 10. The lowest BCUT2D eigenvalue weighted by Crippen LogP contribution is -2.49. The van der Waals surface area contributed by atoms with Crippen LogP contribution in [0.1, 0.15) is 67.3 Å². The third-order valence-electron chi connectivity index (χ3n) is 7.71. The summed E-state index contributed by atoms with van der Waals surface area (Å²) in [6.07, 6.45) is 11.5. The second-order valence-corrected chi connectivity index (χ2v) is 10.6. The summed E-state index contributed by atoms with van der Waals surface area (Å²) in [5.74, 6) is -0.207. The Balaban J connectivity index is 1.31. The highest BCUT2D eigenvalue weighted by molar-refractivity contribution is 7.99. The number of aryl methyl sites for hydroxylation is 1. The molecule has 0 radical (unpaired) electrons. The van der Waals surface area contributed by atoms with Crippen molar-refractivity contribution in [3.05, 3.63) is 47.8 Å². The molecular weight excluding hydrogens is 437 g/mol. The number of thioether (sulfide) groups is 1. The predicted octanol–water partition coefficient (Wildman–Crippen LogP) is 3.09. The zero-order valence-corrected chi connectivity index (χ0v) is 20.3. The highest BCUT2D eigenvalue weighted by Crippen LogP contribution is 2.54. The lowest BCUT2D eigenvalue weighted by atomic mass is 9.56. The third kappa shape index (κ3) is 5.32. The molecule has 1 aromatic carbocycles. The van der Waals surface area contributed by atoms with Crippen molar-refractivity contribution in [1.82, 2.24) is 14.9 Å². The molecule has 178 valence electrons. The molecule has 9 heteroatoms. The van der Waals surface area contributed by atoms with Gasteiger partial charge in [0.1, 0.15) is 0 Å². The van der Waals surface area contributed by atoms with Gasteiger partial charge in [0.2, 0.25) is 0 Å². The van der Waals surface area contributed by atoms with Crippen LogP contribution in [-0.4, -0.2) is 57.0 Å². The van der Waals surface area contributed by atoms with Crippen LogP contribution in [0.15, 0.2) is 41.8 Å². The lowest BCUT2D eigenvalue weighted by Gasteiger charge is -2.53. The van der Waals surface area contributed by atoms with E-state index in [9.17, 15) is 14.8 Å². The van der Waals surface area contributed by atoms with Gasteiger partial charge in [-0.25, -0.2) is 4.98 Å². The number of benzene rings is 1. The molecule has 0 aliphatic heterocycles. The third-order valence-corrected chi connectivity index (χ3v) is 8.86. The fourth-order valence-electron chi connectivity index (χ4n) is 5.37. The lowest BCUT2D eigenvalue weighted by molar-refractivity contribution is -0.0955. The summed E-state index contributed by atoms with van der Waals surface area (Å²) < 4.78 is 7.76. The van der Waals surface area contributed by atoms with Crippen molar-refractivity contribution in [2.75, 3.05) is 12.9 Å². The number of nitrogens with zero attached hydrogens (tertiary/aromatic N) is 2. The van der Waals surface area contributed by atoms with Crippen molar-refractivity contribution < 1.29 is 19.6 Å². The Hall–Kier alpha value is -1.81. The van der Waals surface area contributed by atoms with E-state index in [1.807, 2.05) is 37.1 Å². The summed E-state index contributed by atoms with van der Waals surface area (Å²) >= 11 is 1.61. The van der Waals surface area contributed by atoms with Crippen LogP contribution < -0.4 is 5.32 Å². The normalized spacial score (nSPS) is 25.1. The summed E-state index contributed by atoms with van der Waals surface area (Å²) in [5, 5.41) is 23.3. The van der Waals surface area contributed by atoms with Gasteiger partial charge in [-0.05, 0) is 74.5 Å². The first-order valence-electron chi connectivity index (χ1n) is 11.8. The first-order valence-corrected chi connectivity index (χ1v) is 12.8. The molecule has 3 saturated carbocycles. The van der Waals surface area contributed by atoms with Gasteiger partial charge in [-0.2, -0.15) is 0 Å². The first kappa shape index (κ1) is 24.3. The topological polar surface area (TPSA) is 96.6 Å². The number of carbonyl (C=O) groups excluding carboxylic acids is 1. The maximum absolute atomic E-state index is 12.8. The number of hydrogen-bond donors (Lipinski definition) is 3. The summed E-state index contributed by atoms with van der Waals surface area (Å²) in [4.78, 5) is 17.0. The van der Waals surface area contributed by atoms with Crippen LogP contribution in [0.3, 0.4) is 0 Å². The Kier molecular flexibility index (Phi) is 7.53. The average Bonchev–Trinajstić information content (AvgIpc) is 3.26. The van der Waals surface area contributed by atoms with E-state index in [4.69, 9.17) is 4.74 Å². The van der Waals surface area contributed by atoms with Gasteiger partial charge in [0.15, 0.2) is 5.16 Å². The van der Waals surface area contributed by atoms with E-state index >= 15 is 0 Å². The number of carbonyl (C=O) groups is 1. The summed E-state index contributed by atoms with van der Waals surface area (Å²) in [5.41, 5.74) is 2.12. The highest BCUT2D eigenvalue weighted by atomic mass is 32.2. The summed E-state index contributed by atoms with van der Waals surface area (Å²) in [6, 6.07) is 7.88. The fourth-order valence-corrected chi connectivity index (χ4v) is 6.26. The monoisotopic (exact) mass is 471 g/mol. The molecule has 5 rings (SSSR count). The molecule has 3 aliphatic rings. The average molecular weight is 471 g/mol. The molecule has 1 heterocycles. The van der Waals surface area contributed by atoms with Gasteiger partial charge in [-0.1, -0.05) is 23.9 Å². The van der Waals surface area contributed by atoms with Gasteiger partial charge in [-0.15, -0.1) is 0 Å². The molecule has 0 spiro atoms. The number of fused-ring (bicyclic) bond motifs is 3. The van der Waals surface area contributed by atoms with Crippen LogP contribution in [0.4, 0.5) is 0 Å². The van der Waals surface area contributed by atoms with Gasteiger partial charge in [0.05, 0.1) is 11.5 Å². The number of amides is 1. The molecule has 7 nitrogen and oxygen atoms in total. The fraction of sp³-hybridized carbons (Fsp3) is 0.583. The minimum atomic E-state index is -1.60. The molecule has 1 aromatic heterocycles. The molecule has 3 fully saturated rings. The van der Waals surface area contributed by atoms with E-state index in [0.29, 0.717) is 12.0 Å². The highest BCUT2D eigenvalue weighted by Gasteiger charge is 2.49. The number of nitrogens with one attached hydrogen (secondary N) is 1. The van der Waals surface area contributed by atoms with Crippen LogP contribution >= 0.6 is 11.8 Å². The van der Waals surface area contributed by atoms with Gasteiger partial charge in [-0.3, -0.25) is 4.79 Å². The minimum Gasteiger partial charge on any atom is -0.426 e. The van der Waals surface area contributed by atoms with Crippen LogP contribution in [-0.2, 0) is 17.2 Å². The van der Waals surface area contributed by atoms with E-state index in [-0.39, 0.29) is 16.9 Å². The largest absolute Gasteiger partial charge is 0.475 e. The van der Waals surface area contributed by atoms with Crippen molar-refractivity contribution in [2.45, 2.75) is 73.5 Å². The van der Waals surface area contributed by atoms with Crippen molar-refractivity contribution in [1.29, 1.82) is 0 Å².